The van der Waals surface area contributed by atoms with Gasteiger partial charge in [-0.1, -0.05) is 72.8 Å². The van der Waals surface area contributed by atoms with E-state index in [1.807, 2.05) is 77.9 Å². The fourth-order valence-corrected chi connectivity index (χ4v) is 4.14. The zero-order chi connectivity index (χ0) is 18.9. The molecule has 0 aromatic heterocycles. The molecule has 138 valence electrons. The minimum Gasteiger partial charge on any atom is -0.457 e. The van der Waals surface area contributed by atoms with Gasteiger partial charge >= 0.3 is 5.97 Å². The molecule has 28 heavy (non-hydrogen) atoms. The molecule has 2 fully saturated rings. The summed E-state index contributed by atoms with van der Waals surface area (Å²) in [7, 11) is 0. The molecule has 2 aliphatic heterocycles. The van der Waals surface area contributed by atoms with Gasteiger partial charge in [-0.25, -0.2) is 5.06 Å². The van der Waals surface area contributed by atoms with E-state index in [1.165, 1.54) is 0 Å². The molecule has 0 spiro atoms. The third-order valence-corrected chi connectivity index (χ3v) is 5.43. The van der Waals surface area contributed by atoms with Crippen molar-refractivity contribution in [2.45, 2.75) is 24.7 Å². The summed E-state index contributed by atoms with van der Waals surface area (Å²) in [5.41, 5.74) is 2.87. The summed E-state index contributed by atoms with van der Waals surface area (Å²) in [5.74, 6) is -0.598. The number of hydroxylamine groups is 1. The standard InChI is InChI=1S/C24H19NO3/c26-24-22-21(16-20(27-24)17-10-4-1-5-11-17)28-25(19-14-8-3-9-15-19)23(22)18-12-6-2-7-13-18/h1-2,4-8,10-15,20-23H,16H2/t20-,21+,22-,23-/m1/s1. The summed E-state index contributed by atoms with van der Waals surface area (Å²) in [6.07, 6.45) is 0.0889. The molecule has 3 aromatic carbocycles. The molecular weight excluding hydrogens is 350 g/mol. The Kier molecular flexibility index (Phi) is 4.23. The minimum atomic E-state index is -0.383. The lowest BCUT2D eigenvalue weighted by Crippen LogP contribution is -2.37. The number of ether oxygens (including phenoxy) is 1. The van der Waals surface area contributed by atoms with Crippen molar-refractivity contribution < 1.29 is 14.4 Å². The molecule has 0 radical (unpaired) electrons. The predicted molar refractivity (Wildman–Crippen MR) is 104 cm³/mol. The smallest absolute Gasteiger partial charge is 0.314 e. The van der Waals surface area contributed by atoms with Crippen LogP contribution in [0.1, 0.15) is 29.7 Å². The van der Waals surface area contributed by atoms with Crippen molar-refractivity contribution >= 4 is 11.7 Å². The lowest BCUT2D eigenvalue weighted by Gasteiger charge is -2.31. The number of cyclic esters (lactones) is 1. The maximum atomic E-state index is 13.1. The van der Waals surface area contributed by atoms with E-state index in [-0.39, 0.29) is 30.1 Å². The molecule has 0 N–H and O–H groups in total. The summed E-state index contributed by atoms with van der Waals surface area (Å²) >= 11 is 0. The van der Waals surface area contributed by atoms with Gasteiger partial charge in [0.25, 0.3) is 0 Å². The lowest BCUT2D eigenvalue weighted by atomic mass is 9.84. The van der Waals surface area contributed by atoms with E-state index < -0.39 is 0 Å². The van der Waals surface area contributed by atoms with E-state index in [0.717, 1.165) is 16.8 Å². The van der Waals surface area contributed by atoms with Crippen LogP contribution in [0.4, 0.5) is 5.69 Å². The van der Waals surface area contributed by atoms with Crippen LogP contribution >= 0.6 is 0 Å². The van der Waals surface area contributed by atoms with Crippen LogP contribution < -0.4 is 5.06 Å². The molecule has 0 bridgehead atoms. The Morgan fingerprint density at radius 3 is 2.29 bits per heavy atom. The fourth-order valence-electron chi connectivity index (χ4n) is 4.14. The first kappa shape index (κ1) is 16.9. The Labute approximate surface area is 164 Å². The Hall–Kier alpha value is -3.29. The first-order valence-corrected chi connectivity index (χ1v) is 9.45. The van der Waals surface area contributed by atoms with Crippen LogP contribution in [0, 0.1) is 18.1 Å². The third-order valence-electron chi connectivity index (χ3n) is 5.43. The van der Waals surface area contributed by atoms with Gasteiger partial charge in [0, 0.05) is 12.5 Å². The molecule has 0 aliphatic carbocycles. The molecule has 0 saturated carbocycles. The van der Waals surface area contributed by atoms with E-state index in [0.29, 0.717) is 6.42 Å². The molecule has 0 unspecified atom stereocenters. The highest BCUT2D eigenvalue weighted by Gasteiger charge is 2.53. The van der Waals surface area contributed by atoms with Crippen molar-refractivity contribution in [3.8, 4) is 0 Å². The van der Waals surface area contributed by atoms with Crippen molar-refractivity contribution in [2.24, 2.45) is 5.92 Å². The second-order valence-electron chi connectivity index (χ2n) is 7.11. The number of rotatable bonds is 3. The van der Waals surface area contributed by atoms with Crippen LogP contribution in [0.5, 0.6) is 0 Å². The Balaban J connectivity index is 1.52. The fraction of sp³-hybridized carbons (Fsp3) is 0.208. The first-order chi connectivity index (χ1) is 13.8. The first-order valence-electron chi connectivity index (χ1n) is 9.45. The predicted octanol–water partition coefficient (Wildman–Crippen LogP) is 4.45. The van der Waals surface area contributed by atoms with Gasteiger partial charge in [0.15, 0.2) is 0 Å². The SMILES string of the molecule is O=C1O[C@@H](c2ccccc2)C[C@@H]2ON(c3cc#ccc3)[C@H](c3ccccc3)[C@H]12. The summed E-state index contributed by atoms with van der Waals surface area (Å²) in [6.45, 7) is 0. The molecule has 3 aromatic rings. The number of fused-ring (bicyclic) bond motifs is 1. The number of anilines is 1. The van der Waals surface area contributed by atoms with Gasteiger partial charge < -0.3 is 4.74 Å². The van der Waals surface area contributed by atoms with Crippen molar-refractivity contribution in [2.75, 3.05) is 5.06 Å². The summed E-state index contributed by atoms with van der Waals surface area (Å²) < 4.78 is 5.86. The highest BCUT2D eigenvalue weighted by Crippen LogP contribution is 2.48. The van der Waals surface area contributed by atoms with Crippen LogP contribution in [0.25, 0.3) is 0 Å². The molecule has 2 aliphatic rings. The van der Waals surface area contributed by atoms with Crippen molar-refractivity contribution in [3.63, 3.8) is 0 Å². The zero-order valence-electron chi connectivity index (χ0n) is 15.2. The van der Waals surface area contributed by atoms with Crippen molar-refractivity contribution in [3.05, 3.63) is 102 Å². The average molecular weight is 369 g/mol. The topological polar surface area (TPSA) is 38.8 Å². The number of carbonyl (C=O) groups is 1. The Morgan fingerprint density at radius 1 is 0.893 bits per heavy atom. The lowest BCUT2D eigenvalue weighted by molar-refractivity contribution is -0.167. The van der Waals surface area contributed by atoms with Gasteiger partial charge in [-0.15, -0.1) is 0 Å². The van der Waals surface area contributed by atoms with Gasteiger partial charge in [0.1, 0.15) is 18.1 Å². The van der Waals surface area contributed by atoms with Gasteiger partial charge in [-0.3, -0.25) is 9.63 Å². The van der Waals surface area contributed by atoms with Crippen LogP contribution in [0.2, 0.25) is 0 Å². The van der Waals surface area contributed by atoms with E-state index in [2.05, 4.69) is 12.1 Å². The van der Waals surface area contributed by atoms with E-state index in [1.54, 1.807) is 6.07 Å². The molecule has 2 heterocycles. The highest BCUT2D eigenvalue weighted by atomic mass is 16.7. The minimum absolute atomic E-state index is 0.215. The summed E-state index contributed by atoms with van der Waals surface area (Å²) in [4.78, 5) is 19.4. The maximum Gasteiger partial charge on any atom is 0.314 e. The van der Waals surface area contributed by atoms with Crippen LogP contribution in [0.15, 0.2) is 78.9 Å². The summed E-state index contributed by atoms with van der Waals surface area (Å²) in [6, 6.07) is 31.0. The molecule has 4 heteroatoms. The van der Waals surface area contributed by atoms with Gasteiger partial charge in [-0.05, 0) is 23.3 Å². The van der Waals surface area contributed by atoms with E-state index in [4.69, 9.17) is 9.57 Å². The van der Waals surface area contributed by atoms with Crippen molar-refractivity contribution in [1.82, 2.24) is 0 Å². The Bertz CT molecular complexity index is 945. The molecule has 4 atom stereocenters. The highest BCUT2D eigenvalue weighted by molar-refractivity contribution is 5.77. The van der Waals surface area contributed by atoms with Crippen molar-refractivity contribution in [1.29, 1.82) is 0 Å². The number of esters is 1. The maximum absolute atomic E-state index is 13.1. The number of carbonyl (C=O) groups excluding carboxylic acids is 1. The van der Waals surface area contributed by atoms with Gasteiger partial charge in [-0.2, -0.15) is 0 Å². The molecule has 0 amide bonds. The van der Waals surface area contributed by atoms with Crippen LogP contribution in [-0.2, 0) is 14.4 Å². The quantitative estimate of drug-likeness (QED) is 0.639. The van der Waals surface area contributed by atoms with Crippen LogP contribution in [0.3, 0.4) is 0 Å². The molecule has 2 saturated heterocycles. The van der Waals surface area contributed by atoms with E-state index >= 15 is 0 Å². The normalized spacial score (nSPS) is 26.3. The van der Waals surface area contributed by atoms with E-state index in [9.17, 15) is 4.79 Å². The molecule has 5 rings (SSSR count). The number of nitrogens with zero attached hydrogens (tertiary/aromatic N) is 1. The van der Waals surface area contributed by atoms with Gasteiger partial charge in [0.05, 0.1) is 11.7 Å². The second-order valence-corrected chi connectivity index (χ2v) is 7.11. The van der Waals surface area contributed by atoms with Gasteiger partial charge in [0.2, 0.25) is 0 Å². The zero-order valence-corrected chi connectivity index (χ0v) is 15.2. The second kappa shape index (κ2) is 7.03. The third kappa shape index (κ3) is 2.90. The monoisotopic (exact) mass is 369 g/mol. The number of hydrogen-bond acceptors (Lipinski definition) is 4. The molecule has 4 nitrogen and oxygen atoms in total. The molecular formula is C24H19NO3. The summed E-state index contributed by atoms with van der Waals surface area (Å²) in [5, 5.41) is 1.84. The largest absolute Gasteiger partial charge is 0.457 e. The number of benzene rings is 2. The Morgan fingerprint density at radius 2 is 1.61 bits per heavy atom. The number of hydrogen-bond donors (Lipinski definition) is 0. The average Bonchev–Trinajstić information content (AvgIpc) is 3.16. The van der Waals surface area contributed by atoms with Crippen LogP contribution in [-0.4, -0.2) is 12.1 Å².